The Morgan fingerprint density at radius 2 is 1.75 bits per heavy atom. The number of hydroxylamine groups is 2. The third-order valence-corrected chi connectivity index (χ3v) is 6.47. The highest BCUT2D eigenvalue weighted by Gasteiger charge is 2.31. The molecule has 0 amide bonds. The second-order valence-electron chi connectivity index (χ2n) is 8.94. The van der Waals surface area contributed by atoms with Gasteiger partial charge in [-0.2, -0.15) is 0 Å². The monoisotopic (exact) mass is 489 g/mol. The molecule has 3 aromatic rings. The van der Waals surface area contributed by atoms with Gasteiger partial charge in [-0.25, -0.2) is 0 Å². The lowest BCUT2D eigenvalue weighted by Crippen LogP contribution is -2.43. The van der Waals surface area contributed by atoms with Crippen LogP contribution in [0.5, 0.6) is 23.0 Å². The largest absolute Gasteiger partial charge is 0.508 e. The molecule has 186 valence electrons. The zero-order valence-electron chi connectivity index (χ0n) is 19.6. The Labute approximate surface area is 208 Å². The summed E-state index contributed by atoms with van der Waals surface area (Å²) in [7, 11) is 0. The lowest BCUT2D eigenvalue weighted by atomic mass is 10.0. The van der Waals surface area contributed by atoms with Crippen LogP contribution in [-0.4, -0.2) is 50.8 Å². The molecule has 36 heavy (non-hydrogen) atoms. The molecule has 5 rings (SSSR count). The first-order valence-corrected chi connectivity index (χ1v) is 11.9. The van der Waals surface area contributed by atoms with E-state index >= 15 is 0 Å². The third kappa shape index (κ3) is 5.27. The van der Waals surface area contributed by atoms with Crippen LogP contribution in [0.3, 0.4) is 0 Å². The van der Waals surface area contributed by atoms with Crippen LogP contribution in [0.2, 0.25) is 0 Å². The zero-order chi connectivity index (χ0) is 25.1. The number of benzene rings is 3. The van der Waals surface area contributed by atoms with E-state index in [2.05, 4.69) is 29.2 Å². The van der Waals surface area contributed by atoms with Crippen LogP contribution in [0.4, 0.5) is 5.69 Å². The molecule has 0 saturated carbocycles. The Morgan fingerprint density at radius 3 is 2.44 bits per heavy atom. The third-order valence-electron chi connectivity index (χ3n) is 6.47. The van der Waals surface area contributed by atoms with Crippen LogP contribution in [0, 0.1) is 10.1 Å². The second kappa shape index (κ2) is 10.3. The highest BCUT2D eigenvalue weighted by atomic mass is 16.7. The molecule has 0 aromatic heterocycles. The highest BCUT2D eigenvalue weighted by Crippen LogP contribution is 2.42. The van der Waals surface area contributed by atoms with Gasteiger partial charge in [0.25, 0.3) is 5.69 Å². The van der Waals surface area contributed by atoms with Gasteiger partial charge < -0.3 is 19.8 Å². The van der Waals surface area contributed by atoms with Crippen molar-refractivity contribution in [3.05, 3.63) is 94.0 Å². The Kier molecular flexibility index (Phi) is 6.75. The summed E-state index contributed by atoms with van der Waals surface area (Å²) in [5.74, 6) is 0.600. The molecule has 3 aromatic carbocycles. The molecule has 9 heteroatoms. The van der Waals surface area contributed by atoms with Crippen molar-refractivity contribution in [1.29, 1.82) is 0 Å². The second-order valence-corrected chi connectivity index (χ2v) is 8.94. The number of hydrogen-bond donors (Lipinski definition) is 2. The number of likely N-dealkylation sites (tertiary alicyclic amines) is 1. The van der Waals surface area contributed by atoms with Crippen LogP contribution in [0.15, 0.2) is 72.8 Å². The summed E-state index contributed by atoms with van der Waals surface area (Å²) in [6.45, 7) is 3.43. The average Bonchev–Trinajstić information content (AvgIpc) is 3.35. The minimum Gasteiger partial charge on any atom is -0.508 e. The van der Waals surface area contributed by atoms with Gasteiger partial charge in [0, 0.05) is 49.9 Å². The summed E-state index contributed by atoms with van der Waals surface area (Å²) < 4.78 is 5.88. The number of non-ortho nitro benzene ring substituents is 1. The van der Waals surface area contributed by atoms with E-state index < -0.39 is 4.92 Å². The van der Waals surface area contributed by atoms with E-state index in [4.69, 9.17) is 9.57 Å². The Hall–Kier alpha value is -4.08. The van der Waals surface area contributed by atoms with Gasteiger partial charge in [0.2, 0.25) is 0 Å². The van der Waals surface area contributed by atoms with Gasteiger partial charge in [0.15, 0.2) is 5.76 Å². The number of rotatable bonds is 7. The first-order valence-electron chi connectivity index (χ1n) is 11.9. The number of nitro benzene ring substituents is 1. The fraction of sp³-hybridized carbons (Fsp3) is 0.259. The molecule has 2 aliphatic rings. The Balaban J connectivity index is 1.25. The van der Waals surface area contributed by atoms with Crippen LogP contribution in [0.25, 0.3) is 5.76 Å². The molecule has 0 bridgehead atoms. The van der Waals surface area contributed by atoms with Gasteiger partial charge in [-0.1, -0.05) is 30.3 Å². The van der Waals surface area contributed by atoms with Gasteiger partial charge in [0.1, 0.15) is 28.6 Å². The van der Waals surface area contributed by atoms with Crippen LogP contribution in [-0.2, 0) is 11.4 Å². The fourth-order valence-electron chi connectivity index (χ4n) is 4.63. The first-order chi connectivity index (χ1) is 17.5. The predicted molar refractivity (Wildman–Crippen MR) is 133 cm³/mol. The van der Waals surface area contributed by atoms with Gasteiger partial charge in [-0.3, -0.25) is 15.0 Å². The summed E-state index contributed by atoms with van der Waals surface area (Å²) in [4.78, 5) is 19.0. The topological polar surface area (TPSA) is 109 Å². The maximum Gasteiger partial charge on any atom is 0.269 e. The summed E-state index contributed by atoms with van der Waals surface area (Å²) >= 11 is 0. The van der Waals surface area contributed by atoms with E-state index in [0.717, 1.165) is 32.5 Å². The highest BCUT2D eigenvalue weighted by molar-refractivity contribution is 5.73. The zero-order valence-corrected chi connectivity index (χ0v) is 19.6. The van der Waals surface area contributed by atoms with Crippen molar-refractivity contribution >= 4 is 11.4 Å². The first kappa shape index (κ1) is 23.7. The summed E-state index contributed by atoms with van der Waals surface area (Å²) in [6, 6.07) is 18.9. The minimum absolute atomic E-state index is 0.0615. The maximum atomic E-state index is 10.9. The smallest absolute Gasteiger partial charge is 0.269 e. The van der Waals surface area contributed by atoms with E-state index in [9.17, 15) is 20.3 Å². The molecule has 2 heterocycles. The van der Waals surface area contributed by atoms with Crippen LogP contribution < -0.4 is 4.74 Å². The number of aromatic hydroxyl groups is 2. The van der Waals surface area contributed by atoms with Gasteiger partial charge in [-0.05, 0) is 36.6 Å². The Bertz CT molecular complexity index is 1250. The lowest BCUT2D eigenvalue weighted by molar-refractivity contribution is -0.384. The SMILES string of the molecule is O=[N+]([O-])c1ccc(Oc2cc(O)cc(O)c2C2=CCN(C3CCN(Cc4ccccc4)CC3)O2)cc1. The summed E-state index contributed by atoms with van der Waals surface area (Å²) in [6.07, 6.45) is 3.80. The lowest BCUT2D eigenvalue weighted by Gasteiger charge is -2.35. The van der Waals surface area contributed by atoms with Crippen LogP contribution >= 0.6 is 0 Å². The van der Waals surface area contributed by atoms with E-state index in [1.54, 1.807) is 0 Å². The molecule has 0 spiro atoms. The predicted octanol–water partition coefficient (Wildman–Crippen LogP) is 5.05. The number of nitrogens with zero attached hydrogens (tertiary/aromatic N) is 3. The van der Waals surface area contributed by atoms with Crippen molar-refractivity contribution in [3.63, 3.8) is 0 Å². The number of phenols is 2. The molecule has 0 radical (unpaired) electrons. The summed E-state index contributed by atoms with van der Waals surface area (Å²) in [5.41, 5.74) is 1.56. The van der Waals surface area contributed by atoms with E-state index in [-0.39, 0.29) is 29.0 Å². The number of phenolic OH excluding ortho intramolecular Hbond substituents is 2. The van der Waals surface area contributed by atoms with Crippen molar-refractivity contribution in [1.82, 2.24) is 9.96 Å². The van der Waals surface area contributed by atoms with Crippen molar-refractivity contribution in [3.8, 4) is 23.0 Å². The Morgan fingerprint density at radius 1 is 1.03 bits per heavy atom. The average molecular weight is 490 g/mol. The van der Waals surface area contributed by atoms with E-state index in [1.165, 1.54) is 42.0 Å². The summed E-state index contributed by atoms with van der Waals surface area (Å²) in [5, 5.41) is 33.5. The number of nitro groups is 1. The van der Waals surface area contributed by atoms with Crippen molar-refractivity contribution < 1.29 is 24.7 Å². The fourth-order valence-corrected chi connectivity index (χ4v) is 4.63. The van der Waals surface area contributed by atoms with E-state index in [0.29, 0.717) is 23.6 Å². The van der Waals surface area contributed by atoms with Crippen molar-refractivity contribution in [2.45, 2.75) is 25.4 Å². The number of ether oxygens (including phenoxy) is 1. The van der Waals surface area contributed by atoms with Crippen LogP contribution in [0.1, 0.15) is 24.0 Å². The van der Waals surface area contributed by atoms with Gasteiger partial charge in [0.05, 0.1) is 11.5 Å². The molecule has 1 fully saturated rings. The standard InChI is InChI=1S/C27H27N3O6/c31-22-16-24(32)27(26(17-22)35-23-8-6-21(7-9-23)30(33)34)25-12-15-29(36-25)20-10-13-28(14-11-20)18-19-4-2-1-3-5-19/h1-9,12,16-17,20,31-32H,10-11,13-15,18H2. The van der Waals surface area contributed by atoms with Crippen molar-refractivity contribution in [2.24, 2.45) is 0 Å². The number of hydrogen-bond acceptors (Lipinski definition) is 8. The molecule has 0 aliphatic carbocycles. The minimum atomic E-state index is -0.493. The number of piperidine rings is 1. The molecule has 1 saturated heterocycles. The van der Waals surface area contributed by atoms with Gasteiger partial charge >= 0.3 is 0 Å². The molecular weight excluding hydrogens is 462 g/mol. The molecule has 2 aliphatic heterocycles. The van der Waals surface area contributed by atoms with Crippen molar-refractivity contribution in [2.75, 3.05) is 19.6 Å². The van der Waals surface area contributed by atoms with Gasteiger partial charge in [-0.15, -0.1) is 5.06 Å². The van der Waals surface area contributed by atoms with E-state index in [1.807, 2.05) is 17.2 Å². The molecule has 9 nitrogen and oxygen atoms in total. The maximum absolute atomic E-state index is 10.9. The molecule has 0 atom stereocenters. The molecule has 0 unspecified atom stereocenters. The molecule has 2 N–H and O–H groups in total. The normalized spacial score (nSPS) is 16.9. The quantitative estimate of drug-likeness (QED) is 0.351. The molecular formula is C27H27N3O6.